The highest BCUT2D eigenvalue weighted by Crippen LogP contribution is 2.30. The topological polar surface area (TPSA) is 66.9 Å². The van der Waals surface area contributed by atoms with E-state index in [1.807, 2.05) is 31.2 Å². The molecule has 0 aliphatic rings. The third-order valence-electron chi connectivity index (χ3n) is 5.12. The van der Waals surface area contributed by atoms with Gasteiger partial charge in [-0.25, -0.2) is 8.42 Å². The number of carbonyl (C=O) groups excluding carboxylic acids is 1. The highest BCUT2D eigenvalue weighted by molar-refractivity contribution is 7.92. The number of para-hydroxylation sites is 1. The molecule has 0 saturated heterocycles. The van der Waals surface area contributed by atoms with Crippen molar-refractivity contribution in [3.8, 4) is 5.75 Å². The number of benzene rings is 3. The number of sulfonamides is 1. The van der Waals surface area contributed by atoms with Gasteiger partial charge >= 0.3 is 0 Å². The lowest BCUT2D eigenvalue weighted by atomic mass is 10.2. The summed E-state index contributed by atoms with van der Waals surface area (Å²) >= 11 is 6.26. The molecule has 1 amide bonds. The Kier molecular flexibility index (Phi) is 8.36. The summed E-state index contributed by atoms with van der Waals surface area (Å²) in [6.45, 7) is 6.32. The molecular weight excluding hydrogens is 472 g/mol. The van der Waals surface area contributed by atoms with Crippen molar-refractivity contribution in [3.05, 3.63) is 102 Å². The number of ether oxygens (including phenoxy) is 1. The van der Waals surface area contributed by atoms with E-state index in [2.05, 4.69) is 6.58 Å². The van der Waals surface area contributed by atoms with Gasteiger partial charge in [-0.05, 0) is 55.0 Å². The second-order valence-corrected chi connectivity index (χ2v) is 9.97. The number of rotatable bonds is 10. The van der Waals surface area contributed by atoms with Crippen molar-refractivity contribution in [1.82, 2.24) is 4.90 Å². The van der Waals surface area contributed by atoms with Gasteiger partial charge in [0.15, 0.2) is 0 Å². The highest BCUT2D eigenvalue weighted by atomic mass is 35.5. The molecule has 3 aromatic carbocycles. The Morgan fingerprint density at radius 2 is 1.79 bits per heavy atom. The van der Waals surface area contributed by atoms with Crippen molar-refractivity contribution < 1.29 is 17.9 Å². The van der Waals surface area contributed by atoms with E-state index in [0.717, 1.165) is 11.3 Å². The number of anilines is 1. The molecule has 3 rings (SSSR count). The van der Waals surface area contributed by atoms with Gasteiger partial charge in [-0.15, -0.1) is 6.58 Å². The van der Waals surface area contributed by atoms with Crippen molar-refractivity contribution >= 4 is 33.2 Å². The molecule has 0 atom stereocenters. The molecule has 0 bridgehead atoms. The van der Waals surface area contributed by atoms with Gasteiger partial charge in [0, 0.05) is 12.6 Å². The number of aryl methyl sites for hydroxylation is 1. The maximum absolute atomic E-state index is 13.5. The van der Waals surface area contributed by atoms with Crippen LogP contribution in [-0.2, 0) is 10.0 Å². The number of halogens is 1. The van der Waals surface area contributed by atoms with Gasteiger partial charge in [0.2, 0.25) is 0 Å². The van der Waals surface area contributed by atoms with E-state index in [-0.39, 0.29) is 22.9 Å². The van der Waals surface area contributed by atoms with Crippen LogP contribution in [0.4, 0.5) is 5.69 Å². The zero-order valence-electron chi connectivity index (χ0n) is 19.1. The molecule has 0 aliphatic carbocycles. The third-order valence-corrected chi connectivity index (χ3v) is 7.21. The minimum absolute atomic E-state index is 0.00969. The average Bonchev–Trinajstić information content (AvgIpc) is 2.82. The van der Waals surface area contributed by atoms with E-state index in [9.17, 15) is 13.2 Å². The van der Waals surface area contributed by atoms with Crippen LogP contribution in [0.1, 0.15) is 15.9 Å². The van der Waals surface area contributed by atoms with E-state index in [1.54, 1.807) is 43.4 Å². The maximum Gasteiger partial charge on any atom is 0.264 e. The molecule has 0 radical (unpaired) electrons. The van der Waals surface area contributed by atoms with E-state index in [0.29, 0.717) is 23.9 Å². The number of nitrogens with zero attached hydrogens (tertiary/aromatic N) is 2. The minimum atomic E-state index is -4.00. The summed E-state index contributed by atoms with van der Waals surface area (Å²) in [5.74, 6) is 0.425. The first-order valence-corrected chi connectivity index (χ1v) is 12.5. The molecule has 0 unspecified atom stereocenters. The fraction of sp³-hybridized carbons (Fsp3) is 0.192. The number of hydrogen-bond donors (Lipinski definition) is 0. The second-order valence-electron chi connectivity index (χ2n) is 7.70. The van der Waals surface area contributed by atoms with Gasteiger partial charge in [0.05, 0.1) is 28.7 Å². The van der Waals surface area contributed by atoms with Gasteiger partial charge in [0.1, 0.15) is 12.4 Å². The highest BCUT2D eigenvalue weighted by Gasteiger charge is 2.26. The van der Waals surface area contributed by atoms with Gasteiger partial charge in [-0.1, -0.05) is 48.0 Å². The van der Waals surface area contributed by atoms with Crippen molar-refractivity contribution in [2.45, 2.75) is 11.8 Å². The Labute approximate surface area is 206 Å². The van der Waals surface area contributed by atoms with Crippen LogP contribution in [0.5, 0.6) is 5.75 Å². The van der Waals surface area contributed by atoms with E-state index in [4.69, 9.17) is 16.3 Å². The molecule has 0 fully saturated rings. The first-order valence-electron chi connectivity index (χ1n) is 10.7. The van der Waals surface area contributed by atoms with Crippen LogP contribution in [0.3, 0.4) is 0 Å². The lowest BCUT2D eigenvalue weighted by Gasteiger charge is -2.24. The predicted molar refractivity (Wildman–Crippen MR) is 136 cm³/mol. The Morgan fingerprint density at radius 3 is 2.50 bits per heavy atom. The molecule has 6 nitrogen and oxygen atoms in total. The Morgan fingerprint density at radius 1 is 1.06 bits per heavy atom. The summed E-state index contributed by atoms with van der Waals surface area (Å²) in [6.07, 6.45) is 1.48. The molecule has 0 N–H and O–H groups in total. The molecule has 0 aliphatic heterocycles. The van der Waals surface area contributed by atoms with E-state index >= 15 is 0 Å². The first kappa shape index (κ1) is 25.3. The fourth-order valence-electron chi connectivity index (χ4n) is 3.34. The molecule has 0 aromatic heterocycles. The molecule has 0 spiro atoms. The SMILES string of the molecule is C=CCN(c1ccccc1Cl)S(=O)(=O)c1cccc(C(=O)N(C)CCOc2cccc(C)c2)c1. The smallest absolute Gasteiger partial charge is 0.264 e. The monoisotopic (exact) mass is 498 g/mol. The zero-order chi connectivity index (χ0) is 24.7. The quantitative estimate of drug-likeness (QED) is 0.361. The molecule has 0 saturated carbocycles. The molecule has 0 heterocycles. The van der Waals surface area contributed by atoms with Gasteiger partial charge < -0.3 is 9.64 Å². The van der Waals surface area contributed by atoms with Crippen LogP contribution in [0.15, 0.2) is 90.3 Å². The van der Waals surface area contributed by atoms with Crippen LogP contribution in [0, 0.1) is 6.92 Å². The third kappa shape index (κ3) is 5.98. The standard InChI is InChI=1S/C26H27ClN2O4S/c1-4-15-29(25-14-6-5-13-24(25)27)34(31,32)23-12-8-10-21(19-23)26(30)28(3)16-17-33-22-11-7-9-20(2)18-22/h4-14,18-19H,1,15-17H2,2-3H3. The number of carbonyl (C=O) groups is 1. The van der Waals surface area contributed by atoms with Crippen LogP contribution in [-0.4, -0.2) is 46.0 Å². The lowest BCUT2D eigenvalue weighted by molar-refractivity contribution is 0.0773. The van der Waals surface area contributed by atoms with Crippen molar-refractivity contribution in [2.24, 2.45) is 0 Å². The average molecular weight is 499 g/mol. The van der Waals surface area contributed by atoms with Gasteiger partial charge in [0.25, 0.3) is 15.9 Å². The minimum Gasteiger partial charge on any atom is -0.492 e. The van der Waals surface area contributed by atoms with E-state index < -0.39 is 10.0 Å². The van der Waals surface area contributed by atoms with Gasteiger partial charge in [-0.3, -0.25) is 9.10 Å². The number of hydrogen-bond acceptors (Lipinski definition) is 4. The Hall–Kier alpha value is -3.29. The lowest BCUT2D eigenvalue weighted by Crippen LogP contribution is -2.33. The first-order chi connectivity index (χ1) is 16.2. The summed E-state index contributed by atoms with van der Waals surface area (Å²) in [4.78, 5) is 14.5. The number of amides is 1. The second kappa shape index (κ2) is 11.2. The van der Waals surface area contributed by atoms with Crippen molar-refractivity contribution in [1.29, 1.82) is 0 Å². The molecule has 3 aromatic rings. The summed E-state index contributed by atoms with van der Waals surface area (Å²) in [7, 11) is -2.35. The summed E-state index contributed by atoms with van der Waals surface area (Å²) in [5.41, 5.74) is 1.69. The van der Waals surface area contributed by atoms with Crippen LogP contribution in [0.25, 0.3) is 0 Å². The van der Waals surface area contributed by atoms with Crippen LogP contribution in [0.2, 0.25) is 5.02 Å². The van der Waals surface area contributed by atoms with Crippen molar-refractivity contribution in [2.75, 3.05) is 31.0 Å². The largest absolute Gasteiger partial charge is 0.492 e. The van der Waals surface area contributed by atoms with Gasteiger partial charge in [-0.2, -0.15) is 0 Å². The summed E-state index contributed by atoms with van der Waals surface area (Å²) in [6, 6.07) is 20.3. The van der Waals surface area contributed by atoms with Crippen LogP contribution >= 0.6 is 11.6 Å². The zero-order valence-corrected chi connectivity index (χ0v) is 20.7. The fourth-order valence-corrected chi connectivity index (χ4v) is 5.13. The van der Waals surface area contributed by atoms with Crippen molar-refractivity contribution in [3.63, 3.8) is 0 Å². The maximum atomic E-state index is 13.5. The van der Waals surface area contributed by atoms with Crippen LogP contribution < -0.4 is 9.04 Å². The Balaban J connectivity index is 1.77. The molecule has 178 valence electrons. The summed E-state index contributed by atoms with van der Waals surface area (Å²) in [5, 5.41) is 0.300. The molecule has 8 heteroatoms. The molecule has 34 heavy (non-hydrogen) atoms. The Bertz CT molecular complexity index is 1280. The molecular formula is C26H27ClN2O4S. The number of likely N-dealkylation sites (N-methyl/N-ethyl adjacent to an activating group) is 1. The normalized spacial score (nSPS) is 11.0. The predicted octanol–water partition coefficient (Wildman–Crippen LogP) is 5.18. The van der Waals surface area contributed by atoms with E-state index in [1.165, 1.54) is 27.4 Å². The summed E-state index contributed by atoms with van der Waals surface area (Å²) < 4.78 is 33.8.